The molecule has 6 heteroatoms. The average molecular weight is 328 g/mol. The van der Waals surface area contributed by atoms with Crippen molar-refractivity contribution < 1.29 is 18.4 Å². The van der Waals surface area contributed by atoms with Crippen LogP contribution in [0.2, 0.25) is 0 Å². The molecule has 124 valence electrons. The van der Waals surface area contributed by atoms with Gasteiger partial charge in [-0.3, -0.25) is 4.79 Å². The maximum Gasteiger partial charge on any atom is 0.289 e. The van der Waals surface area contributed by atoms with Crippen LogP contribution in [0.15, 0.2) is 64.9 Å². The van der Waals surface area contributed by atoms with Gasteiger partial charge in [0.15, 0.2) is 11.9 Å². The topological polar surface area (TPSA) is 55.0 Å². The molecule has 0 bridgehead atoms. The summed E-state index contributed by atoms with van der Waals surface area (Å²) in [6.07, 6.45) is 3.18. The molecule has 24 heavy (non-hydrogen) atoms. The first kappa shape index (κ1) is 16.0. The van der Waals surface area contributed by atoms with E-state index < -0.39 is 0 Å². The van der Waals surface area contributed by atoms with E-state index in [1.165, 1.54) is 12.3 Å². The lowest BCUT2D eigenvalue weighted by molar-refractivity contribution is 0.0432. The van der Waals surface area contributed by atoms with E-state index in [4.69, 9.17) is 9.25 Å². The molecule has 5 nitrogen and oxygen atoms in total. The van der Waals surface area contributed by atoms with Crippen LogP contribution in [0.3, 0.4) is 0 Å². The molecule has 1 atom stereocenters. The Bertz CT molecular complexity index is 755. The van der Waals surface area contributed by atoms with Gasteiger partial charge in [-0.15, -0.1) is 6.58 Å². The van der Waals surface area contributed by atoms with Crippen LogP contribution in [0.25, 0.3) is 0 Å². The van der Waals surface area contributed by atoms with E-state index in [2.05, 4.69) is 11.7 Å². The van der Waals surface area contributed by atoms with Crippen molar-refractivity contribution in [1.29, 1.82) is 0 Å². The quantitative estimate of drug-likeness (QED) is 0.765. The third-order valence-corrected chi connectivity index (χ3v) is 3.71. The third-order valence-electron chi connectivity index (χ3n) is 3.71. The molecule has 1 amide bonds. The van der Waals surface area contributed by atoms with Crippen LogP contribution in [0.4, 0.5) is 4.39 Å². The molecule has 3 rings (SSSR count). The fourth-order valence-corrected chi connectivity index (χ4v) is 2.58. The highest BCUT2D eigenvalue weighted by Crippen LogP contribution is 2.20. The van der Waals surface area contributed by atoms with Gasteiger partial charge in [0.1, 0.15) is 5.82 Å². The number of nitrogens with zero attached hydrogens (tertiary/aromatic N) is 2. The summed E-state index contributed by atoms with van der Waals surface area (Å²) in [5.41, 5.74) is 0.967. The van der Waals surface area contributed by atoms with Crippen LogP contribution in [-0.4, -0.2) is 35.7 Å². The number of halogens is 1. The zero-order valence-electron chi connectivity index (χ0n) is 13.0. The molecule has 0 saturated heterocycles. The van der Waals surface area contributed by atoms with Crippen molar-refractivity contribution in [3.05, 3.63) is 72.5 Å². The zero-order chi connectivity index (χ0) is 16.9. The van der Waals surface area contributed by atoms with Gasteiger partial charge in [0.2, 0.25) is 0 Å². The zero-order valence-corrected chi connectivity index (χ0v) is 13.0. The van der Waals surface area contributed by atoms with Gasteiger partial charge in [0, 0.05) is 18.5 Å². The van der Waals surface area contributed by atoms with Crippen LogP contribution in [0.5, 0.6) is 0 Å². The fourth-order valence-electron chi connectivity index (χ4n) is 2.58. The minimum atomic E-state index is -0.338. The number of carbonyl (C=O) groups is 1. The summed E-state index contributed by atoms with van der Waals surface area (Å²) in [6, 6.07) is 9.68. The largest absolute Gasteiger partial charge is 0.459 e. The van der Waals surface area contributed by atoms with Crippen molar-refractivity contribution in [2.24, 2.45) is 5.16 Å². The number of hydrogen-bond acceptors (Lipinski definition) is 4. The molecule has 1 aromatic carbocycles. The monoisotopic (exact) mass is 328 g/mol. The lowest BCUT2D eigenvalue weighted by Gasteiger charge is -2.22. The maximum absolute atomic E-state index is 13.8. The van der Waals surface area contributed by atoms with Crippen LogP contribution >= 0.6 is 0 Å². The number of carbonyl (C=O) groups excluding carboxylic acids is 1. The Kier molecular flexibility index (Phi) is 4.74. The van der Waals surface area contributed by atoms with E-state index in [9.17, 15) is 9.18 Å². The van der Waals surface area contributed by atoms with Gasteiger partial charge >= 0.3 is 0 Å². The molecule has 0 fully saturated rings. The van der Waals surface area contributed by atoms with E-state index in [-0.39, 0.29) is 23.6 Å². The Morgan fingerprint density at radius 3 is 2.92 bits per heavy atom. The molecule has 2 aromatic rings. The highest BCUT2D eigenvalue weighted by molar-refractivity contribution is 6.01. The smallest absolute Gasteiger partial charge is 0.289 e. The summed E-state index contributed by atoms with van der Waals surface area (Å²) >= 11 is 0. The molecule has 0 aliphatic carbocycles. The van der Waals surface area contributed by atoms with Gasteiger partial charge in [0.25, 0.3) is 5.91 Å². The standard InChI is InChI=1S/C18H17FN2O3/c1-2-9-21(18(22)17-8-5-10-23-17)12-13-11-16(20-24-13)14-6-3-4-7-15(14)19/h2-8,10,13H,1,9,11-12H2. The van der Waals surface area contributed by atoms with Gasteiger partial charge in [0.05, 0.1) is 18.5 Å². The van der Waals surface area contributed by atoms with Gasteiger partial charge < -0.3 is 14.2 Å². The minimum Gasteiger partial charge on any atom is -0.459 e. The Hall–Kier alpha value is -2.89. The van der Waals surface area contributed by atoms with Crippen LogP contribution in [0.1, 0.15) is 22.5 Å². The van der Waals surface area contributed by atoms with Crippen LogP contribution in [0, 0.1) is 5.82 Å². The summed E-state index contributed by atoms with van der Waals surface area (Å²) in [6.45, 7) is 4.34. The summed E-state index contributed by atoms with van der Waals surface area (Å²) in [7, 11) is 0. The number of rotatable bonds is 6. The van der Waals surface area contributed by atoms with Gasteiger partial charge in [-0.1, -0.05) is 29.4 Å². The summed E-state index contributed by atoms with van der Waals surface area (Å²) in [5.74, 6) is -0.331. The van der Waals surface area contributed by atoms with Crippen molar-refractivity contribution in [3.8, 4) is 0 Å². The second-order valence-electron chi connectivity index (χ2n) is 5.43. The van der Waals surface area contributed by atoms with Crippen molar-refractivity contribution in [2.45, 2.75) is 12.5 Å². The second kappa shape index (κ2) is 7.12. The van der Waals surface area contributed by atoms with Gasteiger partial charge in [-0.05, 0) is 18.2 Å². The van der Waals surface area contributed by atoms with Gasteiger partial charge in [-0.2, -0.15) is 0 Å². The number of amides is 1. The highest BCUT2D eigenvalue weighted by atomic mass is 19.1. The first-order valence-electron chi connectivity index (χ1n) is 7.60. The second-order valence-corrected chi connectivity index (χ2v) is 5.43. The fraction of sp³-hybridized carbons (Fsp3) is 0.222. The summed E-state index contributed by atoms with van der Waals surface area (Å²) in [4.78, 5) is 19.4. The first-order valence-corrected chi connectivity index (χ1v) is 7.60. The van der Waals surface area contributed by atoms with Crippen LogP contribution in [-0.2, 0) is 4.84 Å². The van der Waals surface area contributed by atoms with Crippen LogP contribution < -0.4 is 0 Å². The molecule has 1 aromatic heterocycles. The molecule has 1 unspecified atom stereocenters. The molecule has 2 heterocycles. The van der Waals surface area contributed by atoms with E-state index in [1.54, 1.807) is 41.3 Å². The molecule has 1 aliphatic heterocycles. The van der Waals surface area contributed by atoms with Crippen molar-refractivity contribution in [1.82, 2.24) is 4.90 Å². The molecular weight excluding hydrogens is 311 g/mol. The Morgan fingerprint density at radius 1 is 1.38 bits per heavy atom. The first-order chi connectivity index (χ1) is 11.7. The Morgan fingerprint density at radius 2 is 2.21 bits per heavy atom. The van der Waals surface area contributed by atoms with E-state index in [0.29, 0.717) is 30.8 Å². The molecule has 0 spiro atoms. The summed E-state index contributed by atoms with van der Waals surface area (Å²) in [5, 5.41) is 3.97. The molecule has 0 saturated carbocycles. The van der Waals surface area contributed by atoms with Crippen molar-refractivity contribution in [3.63, 3.8) is 0 Å². The third kappa shape index (κ3) is 3.37. The Balaban J connectivity index is 1.66. The normalized spacial score (nSPS) is 16.4. The predicted octanol–water partition coefficient (Wildman–Crippen LogP) is 3.24. The number of oxime groups is 1. The number of furan rings is 1. The number of hydrogen-bond donors (Lipinski definition) is 0. The molecular formula is C18H17FN2O3. The Labute approximate surface area is 139 Å². The lowest BCUT2D eigenvalue weighted by atomic mass is 10.0. The highest BCUT2D eigenvalue weighted by Gasteiger charge is 2.28. The molecule has 1 aliphatic rings. The van der Waals surface area contributed by atoms with Crippen molar-refractivity contribution >= 4 is 11.6 Å². The summed E-state index contributed by atoms with van der Waals surface area (Å²) < 4.78 is 19.0. The minimum absolute atomic E-state index is 0.247. The average Bonchev–Trinajstić information content (AvgIpc) is 3.26. The molecule has 0 N–H and O–H groups in total. The SMILES string of the molecule is C=CCN(CC1CC(c2ccccc2F)=NO1)C(=O)c1ccco1. The van der Waals surface area contributed by atoms with E-state index >= 15 is 0 Å². The molecule has 0 radical (unpaired) electrons. The predicted molar refractivity (Wildman–Crippen MR) is 87.2 cm³/mol. The lowest BCUT2D eigenvalue weighted by Crippen LogP contribution is -2.37. The van der Waals surface area contributed by atoms with Crippen molar-refractivity contribution in [2.75, 3.05) is 13.1 Å². The van der Waals surface area contributed by atoms with E-state index in [1.807, 2.05) is 0 Å². The number of benzene rings is 1. The van der Waals surface area contributed by atoms with E-state index in [0.717, 1.165) is 0 Å². The maximum atomic E-state index is 13.8. The van der Waals surface area contributed by atoms with Gasteiger partial charge in [-0.25, -0.2) is 4.39 Å².